The van der Waals surface area contributed by atoms with Crippen molar-refractivity contribution < 1.29 is 19.5 Å². The van der Waals surface area contributed by atoms with Crippen LogP contribution < -0.4 is 5.32 Å². The maximum atomic E-state index is 11.6. The molecule has 0 saturated heterocycles. The Morgan fingerprint density at radius 2 is 2.00 bits per heavy atom. The summed E-state index contributed by atoms with van der Waals surface area (Å²) >= 11 is 0. The Morgan fingerprint density at radius 3 is 2.77 bits per heavy atom. The lowest BCUT2D eigenvalue weighted by molar-refractivity contribution is -0.170. The van der Waals surface area contributed by atoms with Gasteiger partial charge >= 0.3 is 0 Å². The normalized spacial score (nSPS) is 11.6. The molecule has 31 heavy (non-hydrogen) atoms. The van der Waals surface area contributed by atoms with Crippen molar-refractivity contribution in [1.82, 2.24) is 15.4 Å². The summed E-state index contributed by atoms with van der Waals surface area (Å²) in [6.07, 6.45) is 6.02. The summed E-state index contributed by atoms with van der Waals surface area (Å²) in [5.41, 5.74) is 4.31. The lowest BCUT2D eigenvalue weighted by atomic mass is 10.1. The molecule has 0 saturated carbocycles. The number of aliphatic hydroxyl groups excluding tert-OH is 1. The van der Waals surface area contributed by atoms with E-state index in [1.54, 1.807) is 11.1 Å². The summed E-state index contributed by atoms with van der Waals surface area (Å²) in [5.74, 6) is -0.205. The summed E-state index contributed by atoms with van der Waals surface area (Å²) in [6, 6.07) is 16.1. The van der Waals surface area contributed by atoms with Gasteiger partial charge in [0, 0.05) is 43.4 Å². The van der Waals surface area contributed by atoms with Crippen molar-refractivity contribution in [3.63, 3.8) is 0 Å². The summed E-state index contributed by atoms with van der Waals surface area (Å²) in [7, 11) is 1.52. The average molecular weight is 424 g/mol. The number of aromatic amines is 1. The van der Waals surface area contributed by atoms with Crippen LogP contribution in [0.1, 0.15) is 16.7 Å². The molecule has 7 nitrogen and oxygen atoms in total. The second-order valence-electron chi connectivity index (χ2n) is 7.08. The van der Waals surface area contributed by atoms with Crippen LogP contribution in [0.3, 0.4) is 0 Å². The summed E-state index contributed by atoms with van der Waals surface area (Å²) in [6.45, 7) is 1.72. The number of nitrogens with one attached hydrogen (secondary N) is 2. The maximum Gasteiger partial charge on any atom is 0.245 e. The predicted molar refractivity (Wildman–Crippen MR) is 121 cm³/mol. The molecule has 0 spiro atoms. The van der Waals surface area contributed by atoms with Crippen molar-refractivity contribution in [3.8, 4) is 0 Å². The van der Waals surface area contributed by atoms with E-state index in [0.717, 1.165) is 23.1 Å². The fourth-order valence-corrected chi connectivity index (χ4v) is 3.24. The number of nitrogens with zero attached hydrogens (tertiary/aromatic N) is 1. The van der Waals surface area contributed by atoms with Crippen molar-refractivity contribution in [2.24, 2.45) is 0 Å². The molecular weight excluding hydrogens is 394 g/mol. The third kappa shape index (κ3) is 7.04. The zero-order valence-corrected chi connectivity index (χ0v) is 17.7. The molecule has 1 aromatic heterocycles. The van der Waals surface area contributed by atoms with E-state index in [1.165, 1.54) is 24.1 Å². The zero-order chi connectivity index (χ0) is 21.9. The smallest absolute Gasteiger partial charge is 0.245 e. The fourth-order valence-electron chi connectivity index (χ4n) is 3.24. The van der Waals surface area contributed by atoms with E-state index in [2.05, 4.69) is 22.4 Å². The SMILES string of the molecule is COCNC(=O)/C=C/c1ccc(CN(CCO)OCCc2c[nH]c3ccccc23)cc1. The van der Waals surface area contributed by atoms with Gasteiger partial charge in [-0.25, -0.2) is 0 Å². The molecule has 0 atom stereocenters. The van der Waals surface area contributed by atoms with Crippen LogP contribution in [-0.4, -0.2) is 54.7 Å². The largest absolute Gasteiger partial charge is 0.395 e. The first-order valence-electron chi connectivity index (χ1n) is 10.3. The quantitative estimate of drug-likeness (QED) is 0.237. The second-order valence-corrected chi connectivity index (χ2v) is 7.08. The molecule has 0 aliphatic heterocycles. The topological polar surface area (TPSA) is 86.8 Å². The Kier molecular flexibility index (Phi) is 8.81. The summed E-state index contributed by atoms with van der Waals surface area (Å²) in [5, 5.41) is 15.0. The van der Waals surface area contributed by atoms with Crippen molar-refractivity contribution in [2.75, 3.05) is 33.6 Å². The van der Waals surface area contributed by atoms with E-state index in [1.807, 2.05) is 42.6 Å². The highest BCUT2D eigenvalue weighted by Crippen LogP contribution is 2.18. The number of carbonyl (C=O) groups excluding carboxylic acids is 1. The van der Waals surface area contributed by atoms with Gasteiger partial charge < -0.3 is 20.1 Å². The van der Waals surface area contributed by atoms with Gasteiger partial charge in [-0.05, 0) is 35.3 Å². The Labute approximate surface area is 182 Å². The van der Waals surface area contributed by atoms with Gasteiger partial charge in [0.1, 0.15) is 6.73 Å². The molecule has 3 aromatic rings. The molecule has 3 N–H and O–H groups in total. The number of H-pyrrole nitrogens is 1. The van der Waals surface area contributed by atoms with Gasteiger partial charge in [-0.2, -0.15) is 5.06 Å². The van der Waals surface area contributed by atoms with Crippen LogP contribution in [0.5, 0.6) is 0 Å². The third-order valence-corrected chi connectivity index (χ3v) is 4.83. The van der Waals surface area contributed by atoms with E-state index in [0.29, 0.717) is 19.7 Å². The molecule has 0 unspecified atom stereocenters. The van der Waals surface area contributed by atoms with Crippen LogP contribution in [0.15, 0.2) is 60.8 Å². The molecule has 1 amide bonds. The van der Waals surface area contributed by atoms with E-state index >= 15 is 0 Å². The van der Waals surface area contributed by atoms with Crippen LogP contribution in [0.4, 0.5) is 0 Å². The average Bonchev–Trinajstić information content (AvgIpc) is 3.20. The van der Waals surface area contributed by atoms with E-state index in [-0.39, 0.29) is 19.2 Å². The molecule has 0 bridgehead atoms. The third-order valence-electron chi connectivity index (χ3n) is 4.83. The fraction of sp³-hybridized carbons (Fsp3) is 0.292. The molecular formula is C24H29N3O4. The van der Waals surface area contributed by atoms with Gasteiger partial charge in [-0.1, -0.05) is 42.5 Å². The maximum absolute atomic E-state index is 11.6. The van der Waals surface area contributed by atoms with Gasteiger partial charge in [-0.15, -0.1) is 0 Å². The Hall–Kier alpha value is -2.97. The van der Waals surface area contributed by atoms with E-state index < -0.39 is 0 Å². The first kappa shape index (κ1) is 22.7. The number of aromatic nitrogens is 1. The standard InChI is InChI=1S/C24H29N3O4/c1-30-18-26-24(29)11-10-19-6-8-20(9-7-19)17-27(13-14-28)31-15-12-21-16-25-23-5-3-2-4-22(21)23/h2-11,16,25,28H,12-15,17-18H2,1H3,(H,26,29)/b11-10+. The highest BCUT2D eigenvalue weighted by Gasteiger charge is 2.08. The number of methoxy groups -OCH3 is 1. The number of amides is 1. The molecule has 0 radical (unpaired) electrons. The number of hydroxylamine groups is 2. The van der Waals surface area contributed by atoms with Gasteiger partial charge in [0.05, 0.1) is 13.2 Å². The number of aliphatic hydroxyl groups is 1. The van der Waals surface area contributed by atoms with E-state index in [4.69, 9.17) is 9.57 Å². The van der Waals surface area contributed by atoms with Gasteiger partial charge in [0.15, 0.2) is 0 Å². The van der Waals surface area contributed by atoms with Crippen molar-refractivity contribution >= 4 is 22.9 Å². The second kappa shape index (κ2) is 12.0. The minimum atomic E-state index is -0.205. The number of carbonyl (C=O) groups is 1. The first-order valence-corrected chi connectivity index (χ1v) is 10.3. The lowest BCUT2D eigenvalue weighted by Crippen LogP contribution is -2.27. The first-order chi connectivity index (χ1) is 15.2. The van der Waals surface area contributed by atoms with Crippen LogP contribution in [0, 0.1) is 0 Å². The van der Waals surface area contributed by atoms with Crippen LogP contribution in [0.2, 0.25) is 0 Å². The zero-order valence-electron chi connectivity index (χ0n) is 17.7. The Balaban J connectivity index is 1.51. The molecule has 0 fully saturated rings. The van der Waals surface area contributed by atoms with Gasteiger partial charge in [0.2, 0.25) is 5.91 Å². The van der Waals surface area contributed by atoms with Crippen LogP contribution in [0.25, 0.3) is 17.0 Å². The Morgan fingerprint density at radius 1 is 1.19 bits per heavy atom. The van der Waals surface area contributed by atoms with Crippen LogP contribution >= 0.6 is 0 Å². The van der Waals surface area contributed by atoms with Crippen LogP contribution in [-0.2, 0) is 27.3 Å². The molecule has 0 aliphatic carbocycles. The number of rotatable bonds is 12. The molecule has 164 valence electrons. The van der Waals surface area contributed by atoms with E-state index in [9.17, 15) is 9.90 Å². The highest BCUT2D eigenvalue weighted by molar-refractivity contribution is 5.91. The molecule has 1 heterocycles. The predicted octanol–water partition coefficient (Wildman–Crippen LogP) is 2.87. The summed E-state index contributed by atoms with van der Waals surface area (Å²) < 4.78 is 4.80. The number of hydrogen-bond acceptors (Lipinski definition) is 5. The van der Waals surface area contributed by atoms with Gasteiger partial charge in [0.25, 0.3) is 0 Å². The Bertz CT molecular complexity index is 982. The number of hydrogen-bond donors (Lipinski definition) is 3. The van der Waals surface area contributed by atoms with Crippen molar-refractivity contribution in [3.05, 3.63) is 77.5 Å². The minimum Gasteiger partial charge on any atom is -0.395 e. The molecule has 2 aromatic carbocycles. The van der Waals surface area contributed by atoms with Crippen molar-refractivity contribution in [1.29, 1.82) is 0 Å². The molecule has 3 rings (SSSR count). The monoisotopic (exact) mass is 423 g/mol. The number of fused-ring (bicyclic) bond motifs is 1. The molecule has 7 heteroatoms. The lowest BCUT2D eigenvalue weighted by Gasteiger charge is -2.21. The number of para-hydroxylation sites is 1. The number of ether oxygens (including phenoxy) is 1. The number of benzene rings is 2. The van der Waals surface area contributed by atoms with Gasteiger partial charge in [-0.3, -0.25) is 9.63 Å². The highest BCUT2D eigenvalue weighted by atomic mass is 16.7. The summed E-state index contributed by atoms with van der Waals surface area (Å²) in [4.78, 5) is 20.8. The minimum absolute atomic E-state index is 0.0183. The molecule has 0 aliphatic rings. The van der Waals surface area contributed by atoms with Crippen molar-refractivity contribution in [2.45, 2.75) is 13.0 Å².